The molecule has 0 bridgehead atoms. The van der Waals surface area contributed by atoms with Crippen molar-refractivity contribution in [3.05, 3.63) is 17.3 Å². The zero-order valence-corrected chi connectivity index (χ0v) is 8.75. The topological polar surface area (TPSA) is 71.2 Å². The maximum Gasteiger partial charge on any atom is 0.144 e. The SMILES string of the molecule is CC(CO)CNc1ncc(N)cc1Cl. The van der Waals surface area contributed by atoms with Gasteiger partial charge in [-0.3, -0.25) is 0 Å². The van der Waals surface area contributed by atoms with Gasteiger partial charge in [-0.25, -0.2) is 4.98 Å². The summed E-state index contributed by atoms with van der Waals surface area (Å²) in [7, 11) is 0. The number of nitrogen functional groups attached to an aromatic ring is 1. The Hall–Kier alpha value is -1.00. The van der Waals surface area contributed by atoms with Crippen molar-refractivity contribution < 1.29 is 5.11 Å². The molecule has 0 aliphatic rings. The van der Waals surface area contributed by atoms with E-state index >= 15 is 0 Å². The van der Waals surface area contributed by atoms with Crippen molar-refractivity contribution >= 4 is 23.1 Å². The van der Waals surface area contributed by atoms with E-state index in [9.17, 15) is 0 Å². The highest BCUT2D eigenvalue weighted by Gasteiger charge is 2.04. The van der Waals surface area contributed by atoms with Gasteiger partial charge in [0.15, 0.2) is 0 Å². The maximum atomic E-state index is 8.81. The number of aliphatic hydroxyl groups is 1. The molecule has 0 aliphatic carbocycles. The molecule has 1 unspecified atom stereocenters. The molecule has 1 rings (SSSR count). The molecule has 4 nitrogen and oxygen atoms in total. The van der Waals surface area contributed by atoms with E-state index in [-0.39, 0.29) is 12.5 Å². The lowest BCUT2D eigenvalue weighted by Gasteiger charge is -2.11. The molecule has 1 atom stereocenters. The maximum absolute atomic E-state index is 8.81. The molecule has 1 heterocycles. The lowest BCUT2D eigenvalue weighted by Crippen LogP contribution is -2.15. The van der Waals surface area contributed by atoms with Gasteiger partial charge in [-0.05, 0) is 12.0 Å². The molecule has 0 saturated heterocycles. The van der Waals surface area contributed by atoms with Crippen molar-refractivity contribution in [2.75, 3.05) is 24.2 Å². The molecule has 1 aromatic rings. The van der Waals surface area contributed by atoms with E-state index in [0.717, 1.165) is 0 Å². The van der Waals surface area contributed by atoms with Gasteiger partial charge in [-0.1, -0.05) is 18.5 Å². The fraction of sp³-hybridized carbons (Fsp3) is 0.444. The van der Waals surface area contributed by atoms with E-state index in [1.54, 1.807) is 6.07 Å². The van der Waals surface area contributed by atoms with Crippen LogP contribution in [0.3, 0.4) is 0 Å². The van der Waals surface area contributed by atoms with Gasteiger partial charge in [0.25, 0.3) is 0 Å². The molecule has 4 N–H and O–H groups in total. The largest absolute Gasteiger partial charge is 0.397 e. The first-order chi connectivity index (χ1) is 6.63. The molecule has 78 valence electrons. The highest BCUT2D eigenvalue weighted by Crippen LogP contribution is 2.20. The quantitative estimate of drug-likeness (QED) is 0.709. The molecule has 0 radical (unpaired) electrons. The van der Waals surface area contributed by atoms with Crippen LogP contribution in [0.25, 0.3) is 0 Å². The lowest BCUT2D eigenvalue weighted by atomic mass is 10.2. The van der Waals surface area contributed by atoms with E-state index in [2.05, 4.69) is 10.3 Å². The van der Waals surface area contributed by atoms with Gasteiger partial charge in [0.2, 0.25) is 0 Å². The minimum absolute atomic E-state index is 0.138. The zero-order valence-electron chi connectivity index (χ0n) is 8.00. The predicted octanol–water partition coefficient (Wildman–Crippen LogP) is 1.36. The number of rotatable bonds is 4. The van der Waals surface area contributed by atoms with Crippen LogP contribution in [0.2, 0.25) is 5.02 Å². The highest BCUT2D eigenvalue weighted by atomic mass is 35.5. The number of pyridine rings is 1. The van der Waals surface area contributed by atoms with Crippen LogP contribution in [0.5, 0.6) is 0 Å². The average Bonchev–Trinajstić information content (AvgIpc) is 2.16. The number of anilines is 2. The van der Waals surface area contributed by atoms with Crippen molar-refractivity contribution in [3.8, 4) is 0 Å². The molecule has 0 aromatic carbocycles. The number of halogens is 1. The Morgan fingerprint density at radius 2 is 2.43 bits per heavy atom. The number of nitrogens with zero attached hydrogens (tertiary/aromatic N) is 1. The summed E-state index contributed by atoms with van der Waals surface area (Å²) < 4.78 is 0. The number of nitrogens with two attached hydrogens (primary N) is 1. The second kappa shape index (κ2) is 5.02. The van der Waals surface area contributed by atoms with Crippen molar-refractivity contribution in [1.29, 1.82) is 0 Å². The van der Waals surface area contributed by atoms with Gasteiger partial charge in [-0.2, -0.15) is 0 Å². The molecule has 0 aliphatic heterocycles. The summed E-state index contributed by atoms with van der Waals surface area (Å²) in [4.78, 5) is 4.03. The number of aliphatic hydroxyl groups excluding tert-OH is 1. The third-order valence-corrected chi connectivity index (χ3v) is 2.08. The normalized spacial score (nSPS) is 12.5. The zero-order chi connectivity index (χ0) is 10.6. The second-order valence-electron chi connectivity index (χ2n) is 3.27. The van der Waals surface area contributed by atoms with Crippen LogP contribution < -0.4 is 11.1 Å². The molecule has 0 spiro atoms. The summed E-state index contributed by atoms with van der Waals surface area (Å²) in [5.41, 5.74) is 6.03. The third-order valence-electron chi connectivity index (χ3n) is 1.79. The van der Waals surface area contributed by atoms with Gasteiger partial charge >= 0.3 is 0 Å². The van der Waals surface area contributed by atoms with Crippen LogP contribution in [0, 0.1) is 5.92 Å². The van der Waals surface area contributed by atoms with E-state index in [4.69, 9.17) is 22.4 Å². The van der Waals surface area contributed by atoms with Crippen molar-refractivity contribution in [2.24, 2.45) is 5.92 Å². The van der Waals surface area contributed by atoms with E-state index in [1.807, 2.05) is 6.92 Å². The van der Waals surface area contributed by atoms with Crippen LogP contribution in [0.15, 0.2) is 12.3 Å². The van der Waals surface area contributed by atoms with E-state index in [1.165, 1.54) is 6.20 Å². The number of hydrogen-bond donors (Lipinski definition) is 3. The monoisotopic (exact) mass is 215 g/mol. The molecule has 0 amide bonds. The highest BCUT2D eigenvalue weighted by molar-refractivity contribution is 6.33. The minimum Gasteiger partial charge on any atom is -0.397 e. The molecular formula is C9H14ClN3O. The van der Waals surface area contributed by atoms with Gasteiger partial charge in [-0.15, -0.1) is 0 Å². The first-order valence-electron chi connectivity index (χ1n) is 4.39. The Morgan fingerprint density at radius 1 is 1.71 bits per heavy atom. The standard InChI is InChI=1S/C9H14ClN3O/c1-6(5-14)3-12-9-8(10)2-7(11)4-13-9/h2,4,6,14H,3,5,11H2,1H3,(H,12,13). The van der Waals surface area contributed by atoms with Crippen LogP contribution in [0.1, 0.15) is 6.92 Å². The van der Waals surface area contributed by atoms with Gasteiger partial charge < -0.3 is 16.2 Å². The van der Waals surface area contributed by atoms with Gasteiger partial charge in [0.1, 0.15) is 5.82 Å². The Bertz CT molecular complexity index is 306. The molecule has 0 saturated carbocycles. The summed E-state index contributed by atoms with van der Waals surface area (Å²) in [5, 5.41) is 12.3. The Morgan fingerprint density at radius 3 is 3.00 bits per heavy atom. The van der Waals surface area contributed by atoms with Gasteiger partial charge in [0, 0.05) is 13.2 Å². The summed E-state index contributed by atoms with van der Waals surface area (Å²) in [5.74, 6) is 0.770. The molecular weight excluding hydrogens is 202 g/mol. The molecule has 5 heteroatoms. The number of aromatic nitrogens is 1. The van der Waals surface area contributed by atoms with Crippen molar-refractivity contribution in [1.82, 2.24) is 4.98 Å². The van der Waals surface area contributed by atoms with Gasteiger partial charge in [0.05, 0.1) is 16.9 Å². The minimum atomic E-state index is 0.138. The van der Waals surface area contributed by atoms with Crippen LogP contribution in [-0.2, 0) is 0 Å². The second-order valence-corrected chi connectivity index (χ2v) is 3.67. The predicted molar refractivity (Wildman–Crippen MR) is 58.4 cm³/mol. The lowest BCUT2D eigenvalue weighted by molar-refractivity contribution is 0.244. The summed E-state index contributed by atoms with van der Waals surface area (Å²) in [6, 6.07) is 1.64. The van der Waals surface area contributed by atoms with Crippen molar-refractivity contribution in [2.45, 2.75) is 6.92 Å². The summed E-state index contributed by atoms with van der Waals surface area (Å²) in [6.45, 7) is 2.70. The Kier molecular flexibility index (Phi) is 3.98. The summed E-state index contributed by atoms with van der Waals surface area (Å²) >= 11 is 5.89. The fourth-order valence-electron chi connectivity index (χ4n) is 0.918. The Labute approximate surface area is 88.1 Å². The first kappa shape index (κ1) is 11.1. The first-order valence-corrected chi connectivity index (χ1v) is 4.77. The number of nitrogens with one attached hydrogen (secondary N) is 1. The fourth-order valence-corrected chi connectivity index (χ4v) is 1.16. The third kappa shape index (κ3) is 3.05. The van der Waals surface area contributed by atoms with E-state index < -0.39 is 0 Å². The van der Waals surface area contributed by atoms with Crippen LogP contribution in [-0.4, -0.2) is 23.2 Å². The van der Waals surface area contributed by atoms with Crippen LogP contribution in [0.4, 0.5) is 11.5 Å². The van der Waals surface area contributed by atoms with Crippen LogP contribution >= 0.6 is 11.6 Å². The summed E-state index contributed by atoms with van der Waals surface area (Å²) in [6.07, 6.45) is 1.54. The molecule has 0 fully saturated rings. The smallest absolute Gasteiger partial charge is 0.144 e. The average molecular weight is 216 g/mol. The number of hydrogen-bond acceptors (Lipinski definition) is 4. The molecule has 1 aromatic heterocycles. The van der Waals surface area contributed by atoms with Crippen molar-refractivity contribution in [3.63, 3.8) is 0 Å². The Balaban J connectivity index is 2.59. The molecule has 14 heavy (non-hydrogen) atoms. The van der Waals surface area contributed by atoms with E-state index in [0.29, 0.717) is 23.1 Å².